The van der Waals surface area contributed by atoms with Crippen molar-refractivity contribution in [1.82, 2.24) is 0 Å². The van der Waals surface area contributed by atoms with Crippen molar-refractivity contribution >= 4 is 19.8 Å². The summed E-state index contributed by atoms with van der Waals surface area (Å²) in [6.07, 6.45) is 69.3. The number of likely N-dealkylation sites (N-methyl/N-ethyl adjacent to an activating group) is 1. The summed E-state index contributed by atoms with van der Waals surface area (Å²) >= 11 is 0. The Morgan fingerprint density at radius 1 is 0.425 bits per heavy atom. The molecule has 0 N–H and O–H groups in total. The minimum absolute atomic E-state index is 0.0308. The van der Waals surface area contributed by atoms with Crippen LogP contribution >= 0.6 is 7.82 Å². The monoisotopic (exact) mass is 1050 g/mol. The first-order valence-electron chi connectivity index (χ1n) is 30.8. The minimum Gasteiger partial charge on any atom is -0.756 e. The van der Waals surface area contributed by atoms with Gasteiger partial charge in [-0.25, -0.2) is 0 Å². The lowest BCUT2D eigenvalue weighted by Crippen LogP contribution is -2.37. The number of nitrogens with zero attached hydrogens (tertiary/aromatic N) is 1. The molecule has 2 unspecified atom stereocenters. The zero-order valence-electron chi connectivity index (χ0n) is 48.6. The summed E-state index contributed by atoms with van der Waals surface area (Å²) in [6, 6.07) is 0. The van der Waals surface area contributed by atoms with E-state index < -0.39 is 32.5 Å². The molecule has 10 heteroatoms. The van der Waals surface area contributed by atoms with Crippen LogP contribution in [0.2, 0.25) is 0 Å². The molecule has 0 spiro atoms. The van der Waals surface area contributed by atoms with Crippen molar-refractivity contribution in [3.05, 3.63) is 48.6 Å². The molecule has 9 nitrogen and oxygen atoms in total. The Labute approximate surface area is 452 Å². The average Bonchev–Trinajstić information content (AvgIpc) is 3.35. The fourth-order valence-corrected chi connectivity index (χ4v) is 9.51. The van der Waals surface area contributed by atoms with Gasteiger partial charge in [0.1, 0.15) is 19.8 Å². The lowest BCUT2D eigenvalue weighted by atomic mass is 10.0. The SMILES string of the molecule is CCC/C=C\CCCCCCCC(=O)OCC(COP(=O)([O-])OCC[N+](C)(C)C)OC(=O)CCCCCCCCCCCCCCCCCCCCCCCCCC/C=C\C/C=C\C/C=C\CCCCCCC. The quantitative estimate of drug-likeness (QED) is 0.0195. The van der Waals surface area contributed by atoms with Crippen LogP contribution in [0, 0.1) is 0 Å². The van der Waals surface area contributed by atoms with Crippen LogP contribution in [0.4, 0.5) is 0 Å². The number of hydrogen-bond donors (Lipinski definition) is 0. The Hall–Kier alpha value is -2.03. The highest BCUT2D eigenvalue weighted by Gasteiger charge is 2.22. The van der Waals surface area contributed by atoms with Crippen molar-refractivity contribution in [3.8, 4) is 0 Å². The predicted octanol–water partition coefficient (Wildman–Crippen LogP) is 18.7. The van der Waals surface area contributed by atoms with Gasteiger partial charge in [-0.1, -0.05) is 255 Å². The molecule has 0 aliphatic carbocycles. The summed E-state index contributed by atoms with van der Waals surface area (Å²) in [7, 11) is 1.17. The number of unbranched alkanes of at least 4 members (excludes halogenated alkanes) is 35. The molecule has 428 valence electrons. The van der Waals surface area contributed by atoms with Crippen LogP contribution < -0.4 is 4.89 Å². The number of carbonyl (C=O) groups excluding carboxylic acids is 2. The van der Waals surface area contributed by atoms with Crippen molar-refractivity contribution in [3.63, 3.8) is 0 Å². The number of rotatable bonds is 57. The van der Waals surface area contributed by atoms with Gasteiger partial charge >= 0.3 is 11.9 Å². The molecule has 0 saturated carbocycles. The zero-order chi connectivity index (χ0) is 53.5. The van der Waals surface area contributed by atoms with Crippen LogP contribution in [0.1, 0.15) is 290 Å². The molecule has 0 saturated heterocycles. The molecular weight excluding hydrogens is 930 g/mol. The zero-order valence-corrected chi connectivity index (χ0v) is 49.5. The third kappa shape index (κ3) is 59.1. The van der Waals surface area contributed by atoms with E-state index in [9.17, 15) is 19.0 Å². The molecule has 0 heterocycles. The standard InChI is InChI=1S/C63H118NO8P/c1-6-8-10-12-14-16-18-19-20-21-22-23-24-25-26-27-28-29-30-31-32-33-34-35-36-37-38-39-40-41-42-43-44-45-46-48-50-52-54-56-63(66)72-61(60-71-73(67,68)70-58-57-64(3,4)5)59-69-62(65)55-53-51-49-47-17-15-13-11-9-7-2/h11,13,18-19,21-22,24-25,61H,6-10,12,14-17,20,23,26-60H2,1-5H3/b13-11-,19-18-,22-21-,25-24-. The number of esters is 2. The van der Waals surface area contributed by atoms with Gasteiger partial charge in [0.25, 0.3) is 7.82 Å². The Kier molecular flexibility index (Phi) is 53.2. The maximum Gasteiger partial charge on any atom is 0.306 e. The molecule has 0 radical (unpaired) electrons. The van der Waals surface area contributed by atoms with E-state index in [1.807, 2.05) is 21.1 Å². The Balaban J connectivity index is 3.84. The fourth-order valence-electron chi connectivity index (χ4n) is 8.79. The van der Waals surface area contributed by atoms with Crippen molar-refractivity contribution in [1.29, 1.82) is 0 Å². The lowest BCUT2D eigenvalue weighted by Gasteiger charge is -2.28. The summed E-state index contributed by atoms with van der Waals surface area (Å²) < 4.78 is 34.0. The van der Waals surface area contributed by atoms with Gasteiger partial charge in [0.15, 0.2) is 6.10 Å². The molecule has 0 aliphatic rings. The highest BCUT2D eigenvalue weighted by Crippen LogP contribution is 2.38. The molecule has 0 aromatic carbocycles. The van der Waals surface area contributed by atoms with Gasteiger partial charge < -0.3 is 27.9 Å². The molecule has 0 bridgehead atoms. The molecule has 0 rings (SSSR count). The van der Waals surface area contributed by atoms with Crippen LogP contribution in [-0.2, 0) is 32.7 Å². The second kappa shape index (κ2) is 54.7. The van der Waals surface area contributed by atoms with Crippen molar-refractivity contribution in [2.24, 2.45) is 0 Å². The third-order valence-electron chi connectivity index (χ3n) is 13.6. The molecule has 73 heavy (non-hydrogen) atoms. The summed E-state index contributed by atoms with van der Waals surface area (Å²) in [5, 5.41) is 0. The highest BCUT2D eigenvalue weighted by atomic mass is 31.2. The predicted molar refractivity (Wildman–Crippen MR) is 310 cm³/mol. The Bertz CT molecular complexity index is 1370. The molecule has 0 aromatic heterocycles. The molecule has 0 fully saturated rings. The number of phosphoric acid groups is 1. The fraction of sp³-hybridized carbons (Fsp3) is 0.841. The molecular formula is C63H118NO8P. The first kappa shape index (κ1) is 71.0. The average molecular weight is 1050 g/mol. The van der Waals surface area contributed by atoms with Gasteiger partial charge in [0, 0.05) is 12.8 Å². The van der Waals surface area contributed by atoms with Gasteiger partial charge in [-0.2, -0.15) is 0 Å². The largest absolute Gasteiger partial charge is 0.756 e. The first-order valence-corrected chi connectivity index (χ1v) is 32.3. The van der Waals surface area contributed by atoms with Crippen LogP contribution in [0.15, 0.2) is 48.6 Å². The normalized spacial score (nSPS) is 13.6. The third-order valence-corrected chi connectivity index (χ3v) is 14.5. The van der Waals surface area contributed by atoms with Crippen molar-refractivity contribution in [2.45, 2.75) is 296 Å². The Morgan fingerprint density at radius 3 is 1.16 bits per heavy atom. The van der Waals surface area contributed by atoms with E-state index in [2.05, 4.69) is 62.5 Å². The van der Waals surface area contributed by atoms with E-state index in [1.165, 1.54) is 186 Å². The second-order valence-corrected chi connectivity index (χ2v) is 23.5. The maximum absolute atomic E-state index is 12.8. The Morgan fingerprint density at radius 2 is 0.767 bits per heavy atom. The van der Waals surface area contributed by atoms with Gasteiger partial charge in [-0.15, -0.1) is 0 Å². The maximum atomic E-state index is 12.8. The first-order chi connectivity index (χ1) is 35.5. The molecule has 2 atom stereocenters. The molecule has 0 aliphatic heterocycles. The van der Waals surface area contributed by atoms with Crippen LogP contribution in [-0.4, -0.2) is 70.0 Å². The van der Waals surface area contributed by atoms with E-state index >= 15 is 0 Å². The summed E-state index contributed by atoms with van der Waals surface area (Å²) in [5.74, 6) is -0.836. The number of quaternary nitrogens is 1. The number of carbonyl (C=O) groups is 2. The second-order valence-electron chi connectivity index (χ2n) is 22.1. The van der Waals surface area contributed by atoms with Gasteiger partial charge in [0.05, 0.1) is 27.7 Å². The van der Waals surface area contributed by atoms with Crippen LogP contribution in [0.5, 0.6) is 0 Å². The number of hydrogen-bond acceptors (Lipinski definition) is 8. The van der Waals surface area contributed by atoms with Crippen LogP contribution in [0.3, 0.4) is 0 Å². The number of phosphoric ester groups is 1. The highest BCUT2D eigenvalue weighted by molar-refractivity contribution is 7.45. The summed E-state index contributed by atoms with van der Waals surface area (Å²) in [4.78, 5) is 37.7. The van der Waals surface area contributed by atoms with E-state index in [4.69, 9.17) is 18.5 Å². The number of ether oxygens (including phenoxy) is 2. The van der Waals surface area contributed by atoms with E-state index in [-0.39, 0.29) is 26.1 Å². The lowest BCUT2D eigenvalue weighted by molar-refractivity contribution is -0.870. The number of allylic oxidation sites excluding steroid dienone is 8. The van der Waals surface area contributed by atoms with E-state index in [0.29, 0.717) is 17.4 Å². The summed E-state index contributed by atoms with van der Waals surface area (Å²) in [6.45, 7) is 4.17. The smallest absolute Gasteiger partial charge is 0.306 e. The molecule has 0 aromatic rings. The van der Waals surface area contributed by atoms with Crippen LogP contribution in [0.25, 0.3) is 0 Å². The minimum atomic E-state index is -4.63. The van der Waals surface area contributed by atoms with E-state index in [0.717, 1.165) is 70.6 Å². The van der Waals surface area contributed by atoms with Gasteiger partial charge in [-0.3, -0.25) is 14.2 Å². The van der Waals surface area contributed by atoms with Crippen molar-refractivity contribution < 1.29 is 42.1 Å². The summed E-state index contributed by atoms with van der Waals surface area (Å²) in [5.41, 5.74) is 0. The van der Waals surface area contributed by atoms with Gasteiger partial charge in [-0.05, 0) is 70.6 Å². The van der Waals surface area contributed by atoms with Gasteiger partial charge in [0.2, 0.25) is 0 Å². The molecule has 0 amide bonds. The topological polar surface area (TPSA) is 111 Å². The van der Waals surface area contributed by atoms with Crippen molar-refractivity contribution in [2.75, 3.05) is 47.5 Å². The van der Waals surface area contributed by atoms with E-state index in [1.54, 1.807) is 0 Å².